The Morgan fingerprint density at radius 3 is 2.08 bits per heavy atom. The number of allylic oxidation sites excluding steroid dienone is 4. The van der Waals surface area contributed by atoms with Crippen molar-refractivity contribution in [3.05, 3.63) is 99.8 Å². The highest BCUT2D eigenvalue weighted by Crippen LogP contribution is 2.39. The zero-order valence-corrected chi connectivity index (χ0v) is 15.8. The number of benzene rings is 2. The number of carbonyl (C=O) groups excluding carboxylic acids is 2. The predicted molar refractivity (Wildman–Crippen MR) is 112 cm³/mol. The van der Waals surface area contributed by atoms with Gasteiger partial charge < -0.3 is 0 Å². The van der Waals surface area contributed by atoms with Gasteiger partial charge in [0.2, 0.25) is 0 Å². The minimum absolute atomic E-state index is 0.204. The molecule has 0 amide bonds. The van der Waals surface area contributed by atoms with Gasteiger partial charge in [-0.3, -0.25) is 9.59 Å². The van der Waals surface area contributed by atoms with Crippen molar-refractivity contribution in [1.82, 2.24) is 0 Å². The monoisotopic (exact) mass is 378 g/mol. The topological polar surface area (TPSA) is 34.1 Å². The molecule has 0 atom stereocenters. The van der Waals surface area contributed by atoms with Gasteiger partial charge in [0.15, 0.2) is 11.6 Å². The molecule has 2 nitrogen and oxygen atoms in total. The van der Waals surface area contributed by atoms with Crippen LogP contribution in [0.25, 0.3) is 6.08 Å². The van der Waals surface area contributed by atoms with Gasteiger partial charge in [-0.05, 0) is 11.6 Å². The first-order valence-electron chi connectivity index (χ1n) is 8.29. The smallest absolute Gasteiger partial charge is 0.198 e. The highest BCUT2D eigenvalue weighted by Gasteiger charge is 2.25. The van der Waals surface area contributed by atoms with E-state index in [4.69, 9.17) is 0 Å². The van der Waals surface area contributed by atoms with Gasteiger partial charge in [-0.15, -0.1) is 23.5 Å². The molecule has 0 bridgehead atoms. The number of hydrogen-bond acceptors (Lipinski definition) is 4. The normalized spacial score (nSPS) is 14.2. The van der Waals surface area contributed by atoms with E-state index in [1.807, 2.05) is 60.7 Å². The highest BCUT2D eigenvalue weighted by atomic mass is 32.2. The Balaban J connectivity index is 1.80. The lowest BCUT2D eigenvalue weighted by atomic mass is 10.0. The Labute approximate surface area is 162 Å². The first-order valence-corrected chi connectivity index (χ1v) is 10.3. The van der Waals surface area contributed by atoms with E-state index in [0.717, 1.165) is 21.3 Å². The third kappa shape index (κ3) is 4.87. The van der Waals surface area contributed by atoms with E-state index in [0.29, 0.717) is 5.56 Å². The lowest BCUT2D eigenvalue weighted by molar-refractivity contribution is -0.111. The maximum atomic E-state index is 12.9. The molecule has 0 saturated carbocycles. The van der Waals surface area contributed by atoms with Gasteiger partial charge in [-0.1, -0.05) is 78.9 Å². The first-order chi connectivity index (χ1) is 12.8. The molecule has 3 rings (SSSR count). The predicted octanol–water partition coefficient (Wildman–Crippen LogP) is 5.40. The third-order valence-electron chi connectivity index (χ3n) is 3.71. The summed E-state index contributed by atoms with van der Waals surface area (Å²) < 4.78 is 0.834. The van der Waals surface area contributed by atoms with Crippen LogP contribution in [-0.4, -0.2) is 23.1 Å². The van der Waals surface area contributed by atoms with Crippen LogP contribution in [0.1, 0.15) is 15.9 Å². The second-order valence-corrected chi connectivity index (χ2v) is 8.02. The quantitative estimate of drug-likeness (QED) is 0.222. The van der Waals surface area contributed by atoms with Crippen LogP contribution in [0.4, 0.5) is 0 Å². The van der Waals surface area contributed by atoms with E-state index in [1.165, 1.54) is 6.08 Å². The molecule has 1 saturated heterocycles. The summed E-state index contributed by atoms with van der Waals surface area (Å²) in [6, 6.07) is 18.8. The second kappa shape index (κ2) is 9.41. The van der Waals surface area contributed by atoms with Gasteiger partial charge in [-0.25, -0.2) is 0 Å². The molecule has 26 heavy (non-hydrogen) atoms. The molecule has 4 heteroatoms. The fraction of sp³-hybridized carbons (Fsp3) is 0.0909. The molecule has 1 heterocycles. The maximum Gasteiger partial charge on any atom is 0.198 e. The number of hydrogen-bond donors (Lipinski definition) is 0. The molecule has 1 aliphatic rings. The summed E-state index contributed by atoms with van der Waals surface area (Å²) in [5.74, 6) is 1.41. The fourth-order valence-electron chi connectivity index (χ4n) is 2.45. The molecule has 0 aromatic heterocycles. The number of carbonyl (C=O) groups is 2. The van der Waals surface area contributed by atoms with E-state index in [2.05, 4.69) is 0 Å². The molecule has 0 spiro atoms. The first kappa shape index (κ1) is 18.5. The lowest BCUT2D eigenvalue weighted by Gasteiger charge is -2.06. The Bertz CT molecular complexity index is 858. The minimum Gasteiger partial charge on any atom is -0.289 e. The van der Waals surface area contributed by atoms with Crippen molar-refractivity contribution >= 4 is 41.2 Å². The average Bonchev–Trinajstić information content (AvgIpc) is 3.21. The Morgan fingerprint density at radius 2 is 1.42 bits per heavy atom. The van der Waals surface area contributed by atoms with Crippen molar-refractivity contribution in [2.45, 2.75) is 0 Å². The van der Waals surface area contributed by atoms with Gasteiger partial charge in [0, 0.05) is 17.1 Å². The van der Waals surface area contributed by atoms with Crippen LogP contribution in [0.15, 0.2) is 88.7 Å². The highest BCUT2D eigenvalue weighted by molar-refractivity contribution is 8.25. The van der Waals surface area contributed by atoms with E-state index < -0.39 is 0 Å². The van der Waals surface area contributed by atoms with E-state index in [9.17, 15) is 9.59 Å². The molecular weight excluding hydrogens is 360 g/mol. The van der Waals surface area contributed by atoms with Gasteiger partial charge >= 0.3 is 0 Å². The van der Waals surface area contributed by atoms with Gasteiger partial charge in [0.05, 0.1) is 9.81 Å². The number of rotatable bonds is 6. The molecule has 0 unspecified atom stereocenters. The summed E-state index contributed by atoms with van der Waals surface area (Å²) >= 11 is 3.17. The Hall–Kier alpha value is -2.30. The molecule has 130 valence electrons. The zero-order valence-electron chi connectivity index (χ0n) is 14.1. The average molecular weight is 379 g/mol. The van der Waals surface area contributed by atoms with E-state index in [-0.39, 0.29) is 17.1 Å². The van der Waals surface area contributed by atoms with Crippen LogP contribution in [0.5, 0.6) is 0 Å². The maximum absolute atomic E-state index is 12.9. The molecule has 2 aromatic carbocycles. The summed E-state index contributed by atoms with van der Waals surface area (Å²) in [5, 5.41) is 0. The van der Waals surface area contributed by atoms with Crippen LogP contribution in [0, 0.1) is 0 Å². The SMILES string of the molecule is O=C(/C=C/C=C/c1ccccc1)C(C(=O)c1ccccc1)=C1SCCS1. The van der Waals surface area contributed by atoms with E-state index >= 15 is 0 Å². The zero-order chi connectivity index (χ0) is 18.2. The second-order valence-electron chi connectivity index (χ2n) is 5.55. The third-order valence-corrected chi connectivity index (χ3v) is 6.42. The summed E-state index contributed by atoms with van der Waals surface area (Å²) in [5.41, 5.74) is 1.89. The van der Waals surface area contributed by atoms with Gasteiger partial charge in [0.1, 0.15) is 0 Å². The largest absolute Gasteiger partial charge is 0.289 e. The van der Waals surface area contributed by atoms with Crippen molar-refractivity contribution < 1.29 is 9.59 Å². The standard InChI is InChI=1S/C22H18O2S2/c23-19(14-8-7-11-17-9-3-1-4-10-17)20(22-25-15-16-26-22)21(24)18-12-5-2-6-13-18/h1-14H,15-16H2/b11-7+,14-8+. The molecular formula is C22H18O2S2. The van der Waals surface area contributed by atoms with Crippen molar-refractivity contribution in [3.8, 4) is 0 Å². The summed E-state index contributed by atoms with van der Waals surface area (Å²) in [6.45, 7) is 0. The lowest BCUT2D eigenvalue weighted by Crippen LogP contribution is -2.12. The summed E-state index contributed by atoms with van der Waals surface area (Å²) in [4.78, 5) is 25.6. The van der Waals surface area contributed by atoms with Gasteiger partial charge in [0.25, 0.3) is 0 Å². The van der Waals surface area contributed by atoms with Crippen LogP contribution in [0.3, 0.4) is 0 Å². The molecule has 1 fully saturated rings. The fourth-order valence-corrected chi connectivity index (χ4v) is 5.00. The molecule has 1 aliphatic heterocycles. The Morgan fingerprint density at radius 1 is 0.808 bits per heavy atom. The van der Waals surface area contributed by atoms with Crippen LogP contribution in [0.2, 0.25) is 0 Å². The van der Waals surface area contributed by atoms with Crippen LogP contribution < -0.4 is 0 Å². The molecule has 2 aromatic rings. The number of thioether (sulfide) groups is 2. The molecule has 0 radical (unpaired) electrons. The molecule has 0 aliphatic carbocycles. The summed E-state index contributed by atoms with van der Waals surface area (Å²) in [6.07, 6.45) is 6.91. The molecule has 0 N–H and O–H groups in total. The van der Waals surface area contributed by atoms with E-state index in [1.54, 1.807) is 41.7 Å². The number of ketones is 2. The van der Waals surface area contributed by atoms with Crippen molar-refractivity contribution in [1.29, 1.82) is 0 Å². The van der Waals surface area contributed by atoms with Crippen molar-refractivity contribution in [3.63, 3.8) is 0 Å². The summed E-state index contributed by atoms with van der Waals surface area (Å²) in [7, 11) is 0. The Kier molecular flexibility index (Phi) is 6.69. The minimum atomic E-state index is -0.242. The van der Waals surface area contributed by atoms with Crippen LogP contribution in [-0.2, 0) is 4.79 Å². The van der Waals surface area contributed by atoms with Crippen LogP contribution >= 0.6 is 23.5 Å². The van der Waals surface area contributed by atoms with Crippen molar-refractivity contribution in [2.24, 2.45) is 0 Å². The number of Topliss-reactive ketones (excluding diaryl/α,β-unsaturated/α-hetero) is 1. The van der Waals surface area contributed by atoms with Gasteiger partial charge in [-0.2, -0.15) is 0 Å². The van der Waals surface area contributed by atoms with Crippen molar-refractivity contribution in [2.75, 3.05) is 11.5 Å².